The lowest BCUT2D eigenvalue weighted by atomic mass is 10.1. The lowest BCUT2D eigenvalue weighted by Gasteiger charge is -2.17. The smallest absolute Gasteiger partial charge is 0.261 e. The Bertz CT molecular complexity index is 996. The number of rotatable bonds is 4. The van der Waals surface area contributed by atoms with Crippen molar-refractivity contribution in [3.05, 3.63) is 59.4 Å². The second-order valence-electron chi connectivity index (χ2n) is 6.83. The number of ether oxygens (including phenoxy) is 1. The van der Waals surface area contributed by atoms with E-state index in [-0.39, 0.29) is 11.8 Å². The largest absolute Gasteiger partial charge is 0.496 e. The first-order chi connectivity index (χ1) is 13.1. The number of nitrogens with zero attached hydrogens (tertiary/aromatic N) is 3. The summed E-state index contributed by atoms with van der Waals surface area (Å²) < 4.78 is 10.8. The van der Waals surface area contributed by atoms with Crippen LogP contribution in [0.4, 0.5) is 5.69 Å². The van der Waals surface area contributed by atoms with Crippen LogP contribution in [0.15, 0.2) is 47.0 Å². The monoisotopic (exact) mass is 363 g/mol. The summed E-state index contributed by atoms with van der Waals surface area (Å²) >= 11 is 0. The highest BCUT2D eigenvalue weighted by Gasteiger charge is 2.35. The van der Waals surface area contributed by atoms with E-state index in [0.29, 0.717) is 30.4 Å². The van der Waals surface area contributed by atoms with Gasteiger partial charge in [-0.25, -0.2) is 0 Å². The van der Waals surface area contributed by atoms with Crippen molar-refractivity contribution in [1.82, 2.24) is 10.1 Å². The number of carbonyl (C=O) groups is 1. The van der Waals surface area contributed by atoms with Crippen LogP contribution >= 0.6 is 0 Å². The average Bonchev–Trinajstić information content (AvgIpc) is 3.31. The van der Waals surface area contributed by atoms with E-state index in [2.05, 4.69) is 24.0 Å². The van der Waals surface area contributed by atoms with Gasteiger partial charge in [0.2, 0.25) is 5.91 Å². The molecule has 1 atom stereocenters. The summed E-state index contributed by atoms with van der Waals surface area (Å²) in [4.78, 5) is 18.9. The molecule has 1 unspecified atom stereocenters. The molecule has 6 heteroatoms. The minimum absolute atomic E-state index is 0.0758. The van der Waals surface area contributed by atoms with E-state index in [9.17, 15) is 4.79 Å². The molecule has 2 heterocycles. The van der Waals surface area contributed by atoms with Gasteiger partial charge in [0, 0.05) is 24.6 Å². The summed E-state index contributed by atoms with van der Waals surface area (Å²) in [7, 11) is 1.60. The van der Waals surface area contributed by atoms with Gasteiger partial charge < -0.3 is 14.2 Å². The molecule has 3 aromatic rings. The number of para-hydroxylation sites is 1. The first-order valence-corrected chi connectivity index (χ1v) is 8.91. The van der Waals surface area contributed by atoms with Gasteiger partial charge in [-0.3, -0.25) is 4.79 Å². The molecule has 1 aromatic heterocycles. The van der Waals surface area contributed by atoms with E-state index in [1.807, 2.05) is 42.5 Å². The van der Waals surface area contributed by atoms with E-state index < -0.39 is 0 Å². The van der Waals surface area contributed by atoms with Crippen molar-refractivity contribution in [3.8, 4) is 17.2 Å². The Labute approximate surface area is 157 Å². The maximum Gasteiger partial charge on any atom is 0.261 e. The van der Waals surface area contributed by atoms with Crippen LogP contribution in [-0.2, 0) is 4.79 Å². The predicted octanol–water partition coefficient (Wildman–Crippen LogP) is 3.88. The van der Waals surface area contributed by atoms with Gasteiger partial charge in [-0.2, -0.15) is 4.98 Å². The van der Waals surface area contributed by atoms with Crippen LogP contribution in [0.3, 0.4) is 0 Å². The van der Waals surface area contributed by atoms with E-state index in [4.69, 9.17) is 9.26 Å². The zero-order chi connectivity index (χ0) is 19.0. The fourth-order valence-electron chi connectivity index (χ4n) is 3.35. The van der Waals surface area contributed by atoms with Crippen molar-refractivity contribution in [1.29, 1.82) is 0 Å². The SMILES string of the molecule is COc1ccccc1-c1nc(C2CC(=O)N(c3ccc(C)c(C)c3)C2)no1. The molecule has 1 saturated heterocycles. The van der Waals surface area contributed by atoms with Crippen LogP contribution in [0.2, 0.25) is 0 Å². The van der Waals surface area contributed by atoms with Gasteiger partial charge >= 0.3 is 0 Å². The number of methoxy groups -OCH3 is 1. The van der Waals surface area contributed by atoms with Crippen molar-refractivity contribution in [2.24, 2.45) is 0 Å². The summed E-state index contributed by atoms with van der Waals surface area (Å²) in [5.74, 6) is 1.61. The quantitative estimate of drug-likeness (QED) is 0.703. The van der Waals surface area contributed by atoms with Crippen LogP contribution in [0, 0.1) is 13.8 Å². The lowest BCUT2D eigenvalue weighted by Crippen LogP contribution is -2.24. The van der Waals surface area contributed by atoms with Gasteiger partial charge in [-0.1, -0.05) is 23.4 Å². The Morgan fingerprint density at radius 1 is 1.15 bits per heavy atom. The van der Waals surface area contributed by atoms with Gasteiger partial charge in [0.15, 0.2) is 5.82 Å². The number of aromatic nitrogens is 2. The van der Waals surface area contributed by atoms with Crippen LogP contribution < -0.4 is 9.64 Å². The average molecular weight is 363 g/mol. The Morgan fingerprint density at radius 2 is 1.96 bits per heavy atom. The molecule has 0 N–H and O–H groups in total. The van der Waals surface area contributed by atoms with Crippen LogP contribution in [-0.4, -0.2) is 29.7 Å². The summed E-state index contributed by atoms with van der Waals surface area (Å²) in [5, 5.41) is 4.12. The molecule has 2 aromatic carbocycles. The van der Waals surface area contributed by atoms with Gasteiger partial charge in [-0.15, -0.1) is 0 Å². The van der Waals surface area contributed by atoms with Crippen molar-refractivity contribution in [3.63, 3.8) is 0 Å². The number of anilines is 1. The normalized spacial score (nSPS) is 16.8. The molecule has 4 rings (SSSR count). The first-order valence-electron chi connectivity index (χ1n) is 8.91. The molecule has 138 valence electrons. The standard InChI is InChI=1S/C21H21N3O3/c1-13-8-9-16(10-14(13)2)24-12-15(11-19(24)25)20-22-21(27-23-20)17-6-4-5-7-18(17)26-3/h4-10,15H,11-12H2,1-3H3. The van der Waals surface area contributed by atoms with E-state index >= 15 is 0 Å². The Hall–Kier alpha value is -3.15. The number of amides is 1. The maximum absolute atomic E-state index is 12.6. The van der Waals surface area contributed by atoms with Crippen LogP contribution in [0.1, 0.15) is 29.3 Å². The zero-order valence-corrected chi connectivity index (χ0v) is 15.6. The summed E-state index contributed by atoms with van der Waals surface area (Å²) in [6.45, 7) is 4.66. The fourth-order valence-corrected chi connectivity index (χ4v) is 3.35. The molecular weight excluding hydrogens is 342 g/mol. The molecule has 0 radical (unpaired) electrons. The minimum atomic E-state index is -0.0914. The molecule has 0 spiro atoms. The Morgan fingerprint density at radius 3 is 2.74 bits per heavy atom. The number of hydrogen-bond donors (Lipinski definition) is 0. The second-order valence-corrected chi connectivity index (χ2v) is 6.83. The molecule has 1 fully saturated rings. The number of hydrogen-bond acceptors (Lipinski definition) is 5. The van der Waals surface area contributed by atoms with Crippen molar-refractivity contribution < 1.29 is 14.1 Å². The van der Waals surface area contributed by atoms with Gasteiger partial charge in [0.05, 0.1) is 12.7 Å². The van der Waals surface area contributed by atoms with E-state index in [1.54, 1.807) is 12.0 Å². The van der Waals surface area contributed by atoms with E-state index in [1.165, 1.54) is 11.1 Å². The number of carbonyl (C=O) groups excluding carboxylic acids is 1. The van der Waals surface area contributed by atoms with Crippen LogP contribution in [0.5, 0.6) is 5.75 Å². The molecular formula is C21H21N3O3. The van der Waals surface area contributed by atoms with Crippen LogP contribution in [0.25, 0.3) is 11.5 Å². The molecule has 6 nitrogen and oxygen atoms in total. The third-order valence-corrected chi connectivity index (χ3v) is 5.07. The molecule has 1 aliphatic heterocycles. The minimum Gasteiger partial charge on any atom is -0.496 e. The molecule has 1 aliphatic rings. The Balaban J connectivity index is 1.58. The maximum atomic E-state index is 12.6. The van der Waals surface area contributed by atoms with Gasteiger partial charge in [0.1, 0.15) is 5.75 Å². The third kappa shape index (κ3) is 3.18. The second kappa shape index (κ2) is 6.87. The van der Waals surface area contributed by atoms with Crippen molar-refractivity contribution in [2.45, 2.75) is 26.2 Å². The molecule has 1 amide bonds. The molecule has 0 aliphatic carbocycles. The third-order valence-electron chi connectivity index (χ3n) is 5.07. The fraction of sp³-hybridized carbons (Fsp3) is 0.286. The zero-order valence-electron chi connectivity index (χ0n) is 15.6. The highest BCUT2D eigenvalue weighted by molar-refractivity contribution is 5.96. The van der Waals surface area contributed by atoms with Crippen molar-refractivity contribution >= 4 is 11.6 Å². The highest BCUT2D eigenvalue weighted by atomic mass is 16.5. The van der Waals surface area contributed by atoms with Crippen molar-refractivity contribution in [2.75, 3.05) is 18.6 Å². The predicted molar refractivity (Wildman–Crippen MR) is 102 cm³/mol. The number of aryl methyl sites for hydroxylation is 2. The van der Waals surface area contributed by atoms with Gasteiger partial charge in [0.25, 0.3) is 5.89 Å². The summed E-state index contributed by atoms with van der Waals surface area (Å²) in [5.41, 5.74) is 4.04. The first kappa shape index (κ1) is 17.3. The van der Waals surface area contributed by atoms with Gasteiger partial charge in [-0.05, 0) is 49.2 Å². The summed E-state index contributed by atoms with van der Waals surface area (Å²) in [6, 6.07) is 13.6. The molecule has 0 bridgehead atoms. The van der Waals surface area contributed by atoms with E-state index in [0.717, 1.165) is 11.3 Å². The highest BCUT2D eigenvalue weighted by Crippen LogP contribution is 2.34. The Kier molecular flexibility index (Phi) is 4.39. The molecule has 27 heavy (non-hydrogen) atoms. The summed E-state index contributed by atoms with van der Waals surface area (Å²) in [6.07, 6.45) is 0.373. The topological polar surface area (TPSA) is 68.5 Å². The lowest BCUT2D eigenvalue weighted by molar-refractivity contribution is -0.117. The number of benzene rings is 2. The molecule has 0 saturated carbocycles.